The molecule has 0 amide bonds. The van der Waals surface area contributed by atoms with Crippen molar-refractivity contribution in [1.29, 1.82) is 0 Å². The largest absolute Gasteiger partial charge is 0.307 e. The smallest absolute Gasteiger partial charge is 0.145 e. The highest BCUT2D eigenvalue weighted by atomic mass is 15.3. The fourth-order valence-electron chi connectivity index (χ4n) is 2.19. The van der Waals surface area contributed by atoms with Crippen LogP contribution in [0.4, 0.5) is 0 Å². The van der Waals surface area contributed by atoms with Gasteiger partial charge in [0.1, 0.15) is 5.82 Å². The summed E-state index contributed by atoms with van der Waals surface area (Å²) in [6, 6.07) is 4.49. The van der Waals surface area contributed by atoms with Gasteiger partial charge in [-0.1, -0.05) is 13.8 Å². The second-order valence-corrected chi connectivity index (χ2v) is 5.36. The van der Waals surface area contributed by atoms with E-state index >= 15 is 0 Å². The van der Waals surface area contributed by atoms with Crippen molar-refractivity contribution in [2.24, 2.45) is 0 Å². The number of hydrogen-bond donors (Lipinski definition) is 1. The monoisotopic (exact) mass is 287 g/mol. The zero-order valence-electron chi connectivity index (χ0n) is 13.2. The molecule has 2 heterocycles. The third-order valence-corrected chi connectivity index (χ3v) is 3.66. The average Bonchev–Trinajstić information content (AvgIpc) is 3.00. The van der Waals surface area contributed by atoms with Crippen LogP contribution in [0, 0.1) is 0 Å². The molecule has 0 spiro atoms. The molecule has 2 aromatic heterocycles. The van der Waals surface area contributed by atoms with Crippen LogP contribution in [0.15, 0.2) is 30.7 Å². The van der Waals surface area contributed by atoms with Crippen molar-refractivity contribution in [3.05, 3.63) is 42.2 Å². The van der Waals surface area contributed by atoms with Crippen LogP contribution < -0.4 is 5.32 Å². The van der Waals surface area contributed by atoms with Gasteiger partial charge in [-0.25, -0.2) is 9.97 Å². The number of rotatable bonds is 8. The first kappa shape index (κ1) is 15.6. The Morgan fingerprint density at radius 3 is 2.67 bits per heavy atom. The normalized spacial score (nSPS) is 14.0. The third-order valence-electron chi connectivity index (χ3n) is 3.66. The summed E-state index contributed by atoms with van der Waals surface area (Å²) in [6.45, 7) is 7.47. The molecule has 21 heavy (non-hydrogen) atoms. The summed E-state index contributed by atoms with van der Waals surface area (Å²) >= 11 is 0. The molecule has 0 saturated carbocycles. The van der Waals surface area contributed by atoms with Gasteiger partial charge in [-0.2, -0.15) is 5.10 Å². The van der Waals surface area contributed by atoms with Crippen molar-refractivity contribution < 1.29 is 0 Å². The number of hydrogen-bond acceptors (Lipinski definition) is 4. The Kier molecular flexibility index (Phi) is 5.87. The predicted octanol–water partition coefficient (Wildman–Crippen LogP) is 2.93. The van der Waals surface area contributed by atoms with Gasteiger partial charge in [0.25, 0.3) is 0 Å². The van der Waals surface area contributed by atoms with Crippen LogP contribution in [-0.4, -0.2) is 26.3 Å². The van der Waals surface area contributed by atoms with Gasteiger partial charge in [0, 0.05) is 31.1 Å². The Labute approximate surface area is 126 Å². The van der Waals surface area contributed by atoms with Crippen molar-refractivity contribution in [1.82, 2.24) is 25.1 Å². The lowest BCUT2D eigenvalue weighted by Crippen LogP contribution is -2.26. The molecule has 0 bridgehead atoms. The minimum absolute atomic E-state index is 0.117. The van der Waals surface area contributed by atoms with E-state index in [0.717, 1.165) is 37.3 Å². The van der Waals surface area contributed by atoms with E-state index in [1.807, 2.05) is 10.7 Å². The molecule has 114 valence electrons. The lowest BCUT2D eigenvalue weighted by Gasteiger charge is -2.16. The predicted molar refractivity (Wildman–Crippen MR) is 84.0 cm³/mol. The van der Waals surface area contributed by atoms with Gasteiger partial charge in [-0.05, 0) is 38.4 Å². The molecular weight excluding hydrogens is 262 g/mol. The van der Waals surface area contributed by atoms with Gasteiger partial charge < -0.3 is 5.32 Å². The molecular formula is C16H25N5. The lowest BCUT2D eigenvalue weighted by molar-refractivity contribution is 0.461. The highest BCUT2D eigenvalue weighted by Crippen LogP contribution is 2.15. The number of aromatic nitrogens is 4. The van der Waals surface area contributed by atoms with E-state index in [1.165, 1.54) is 0 Å². The van der Waals surface area contributed by atoms with Crippen molar-refractivity contribution in [2.75, 3.05) is 6.54 Å². The van der Waals surface area contributed by atoms with E-state index in [9.17, 15) is 0 Å². The minimum atomic E-state index is 0.117. The van der Waals surface area contributed by atoms with E-state index in [-0.39, 0.29) is 6.04 Å². The minimum Gasteiger partial charge on any atom is -0.307 e. The van der Waals surface area contributed by atoms with Crippen LogP contribution in [0.3, 0.4) is 0 Å². The Morgan fingerprint density at radius 1 is 1.24 bits per heavy atom. The Balaban J connectivity index is 2.09. The van der Waals surface area contributed by atoms with Crippen LogP contribution in [0.5, 0.6) is 0 Å². The van der Waals surface area contributed by atoms with Gasteiger partial charge in [0.2, 0.25) is 0 Å². The SMILES string of the molecule is CCCNC(Cc1ccn(C(C)CC)n1)c1ncccn1. The summed E-state index contributed by atoms with van der Waals surface area (Å²) in [5.41, 5.74) is 1.08. The maximum atomic E-state index is 4.68. The van der Waals surface area contributed by atoms with E-state index in [2.05, 4.69) is 53.4 Å². The maximum absolute atomic E-state index is 4.68. The van der Waals surface area contributed by atoms with Gasteiger partial charge in [0.05, 0.1) is 11.7 Å². The van der Waals surface area contributed by atoms with Gasteiger partial charge in [-0.3, -0.25) is 4.68 Å². The van der Waals surface area contributed by atoms with E-state index in [0.29, 0.717) is 6.04 Å². The molecule has 5 nitrogen and oxygen atoms in total. The van der Waals surface area contributed by atoms with E-state index in [4.69, 9.17) is 0 Å². The number of nitrogens with zero attached hydrogens (tertiary/aromatic N) is 4. The summed E-state index contributed by atoms with van der Waals surface area (Å²) in [7, 11) is 0. The Bertz CT molecular complexity index is 522. The van der Waals surface area contributed by atoms with Gasteiger partial charge >= 0.3 is 0 Å². The van der Waals surface area contributed by atoms with Crippen molar-refractivity contribution in [2.45, 2.75) is 52.1 Å². The molecule has 2 rings (SSSR count). The first-order valence-electron chi connectivity index (χ1n) is 7.78. The van der Waals surface area contributed by atoms with Crippen LogP contribution in [-0.2, 0) is 6.42 Å². The first-order valence-corrected chi connectivity index (χ1v) is 7.78. The van der Waals surface area contributed by atoms with Crippen LogP contribution >= 0.6 is 0 Å². The van der Waals surface area contributed by atoms with E-state index < -0.39 is 0 Å². The second kappa shape index (κ2) is 7.88. The first-order chi connectivity index (χ1) is 10.2. The molecule has 2 unspecified atom stereocenters. The quantitative estimate of drug-likeness (QED) is 0.811. The topological polar surface area (TPSA) is 55.6 Å². The molecule has 0 aliphatic carbocycles. The summed E-state index contributed by atoms with van der Waals surface area (Å²) in [5, 5.41) is 8.19. The summed E-state index contributed by atoms with van der Waals surface area (Å²) in [5.74, 6) is 0.837. The molecule has 2 atom stereocenters. The molecule has 2 aromatic rings. The van der Waals surface area contributed by atoms with Gasteiger partial charge in [-0.15, -0.1) is 0 Å². The molecule has 0 saturated heterocycles. The number of nitrogens with one attached hydrogen (secondary N) is 1. The average molecular weight is 287 g/mol. The highest BCUT2D eigenvalue weighted by molar-refractivity contribution is 5.07. The zero-order chi connectivity index (χ0) is 15.1. The van der Waals surface area contributed by atoms with Crippen molar-refractivity contribution in [3.63, 3.8) is 0 Å². The van der Waals surface area contributed by atoms with Crippen molar-refractivity contribution >= 4 is 0 Å². The third kappa shape index (κ3) is 4.36. The fourth-order valence-corrected chi connectivity index (χ4v) is 2.19. The molecule has 5 heteroatoms. The maximum Gasteiger partial charge on any atom is 0.145 e. The second-order valence-electron chi connectivity index (χ2n) is 5.36. The molecule has 0 aliphatic rings. The summed E-state index contributed by atoms with van der Waals surface area (Å²) < 4.78 is 2.04. The molecule has 0 fully saturated rings. The summed E-state index contributed by atoms with van der Waals surface area (Å²) in [6.07, 6.45) is 8.63. The van der Waals surface area contributed by atoms with Crippen LogP contribution in [0.25, 0.3) is 0 Å². The van der Waals surface area contributed by atoms with Crippen LogP contribution in [0.2, 0.25) is 0 Å². The van der Waals surface area contributed by atoms with Crippen molar-refractivity contribution in [3.8, 4) is 0 Å². The lowest BCUT2D eigenvalue weighted by atomic mass is 10.1. The molecule has 0 aromatic carbocycles. The van der Waals surface area contributed by atoms with E-state index in [1.54, 1.807) is 12.4 Å². The molecule has 0 aliphatic heterocycles. The zero-order valence-corrected chi connectivity index (χ0v) is 13.2. The fraction of sp³-hybridized carbons (Fsp3) is 0.562. The Hall–Kier alpha value is -1.75. The molecule has 0 radical (unpaired) electrons. The Morgan fingerprint density at radius 2 is 2.00 bits per heavy atom. The standard InChI is InChI=1S/C16H25N5/c1-4-8-17-15(16-18-9-6-10-19-16)12-14-7-11-21(20-14)13(3)5-2/h6-7,9-11,13,15,17H,4-5,8,12H2,1-3H3. The van der Waals surface area contributed by atoms with Gasteiger partial charge in [0.15, 0.2) is 0 Å². The van der Waals surface area contributed by atoms with Crippen LogP contribution in [0.1, 0.15) is 57.2 Å². The molecule has 1 N–H and O–H groups in total. The highest BCUT2D eigenvalue weighted by Gasteiger charge is 2.16. The summed E-state index contributed by atoms with van der Waals surface area (Å²) in [4.78, 5) is 8.76.